The molecule has 12 heteroatoms. The second-order valence-electron chi connectivity index (χ2n) is 10.9. The Morgan fingerprint density at radius 2 is 1.83 bits per heavy atom. The molecule has 3 aliphatic rings. The maximum atomic E-state index is 14.0. The number of nitrogens with zero attached hydrogens (tertiary/aromatic N) is 4. The molecule has 2 aromatic rings. The summed E-state index contributed by atoms with van der Waals surface area (Å²) in [6.45, 7) is 6.98. The summed E-state index contributed by atoms with van der Waals surface area (Å²) in [5.41, 5.74) is -1.76. The highest BCUT2D eigenvalue weighted by molar-refractivity contribution is 7.99. The van der Waals surface area contributed by atoms with E-state index in [1.54, 1.807) is 30.6 Å². The molecular formula is C24H28ClF3N4O3S. The van der Waals surface area contributed by atoms with Crippen LogP contribution in [-0.2, 0) is 17.5 Å². The van der Waals surface area contributed by atoms with Gasteiger partial charge in [-0.1, -0.05) is 18.0 Å². The largest absolute Gasteiger partial charge is 0.444 e. The number of piperazine rings is 1. The average Bonchev–Trinajstić information content (AvgIpc) is 2.95. The number of carbonyl (C=O) groups excluding carboxylic acids is 1. The highest BCUT2D eigenvalue weighted by Crippen LogP contribution is 2.52. The van der Waals surface area contributed by atoms with Gasteiger partial charge in [0.05, 0.1) is 21.0 Å². The number of halogens is 4. The summed E-state index contributed by atoms with van der Waals surface area (Å²) in [5, 5.41) is -0.104. The molecule has 5 rings (SSSR count). The molecule has 0 bridgehead atoms. The monoisotopic (exact) mass is 544 g/mol. The number of anilines is 1. The van der Waals surface area contributed by atoms with Gasteiger partial charge in [-0.3, -0.25) is 4.57 Å². The number of benzene rings is 1. The third-order valence-corrected chi connectivity index (χ3v) is 9.05. The molecule has 1 saturated heterocycles. The van der Waals surface area contributed by atoms with Gasteiger partial charge in [-0.2, -0.15) is 18.2 Å². The van der Waals surface area contributed by atoms with Crippen LogP contribution in [0.5, 0.6) is 0 Å². The SMILES string of the molecule is CC(C)(C)OC(=O)N1CCN(c2nc(=O)n3c4c(c(Cl)c(C(F)(F)F)cc24)SCC2(CCC2)C3)CC1. The van der Waals surface area contributed by atoms with Gasteiger partial charge in [0.25, 0.3) is 0 Å². The molecule has 1 aliphatic carbocycles. The summed E-state index contributed by atoms with van der Waals surface area (Å²) in [7, 11) is 0. The summed E-state index contributed by atoms with van der Waals surface area (Å²) in [6.07, 6.45) is -2.24. The van der Waals surface area contributed by atoms with E-state index in [1.807, 2.05) is 0 Å². The van der Waals surface area contributed by atoms with E-state index in [2.05, 4.69) is 4.98 Å². The average molecular weight is 545 g/mol. The van der Waals surface area contributed by atoms with E-state index >= 15 is 0 Å². The molecule has 2 aliphatic heterocycles. The first-order chi connectivity index (χ1) is 16.8. The Morgan fingerprint density at radius 1 is 1.17 bits per heavy atom. The Bertz CT molecular complexity index is 1280. The summed E-state index contributed by atoms with van der Waals surface area (Å²) >= 11 is 7.66. The van der Waals surface area contributed by atoms with Crippen LogP contribution in [0.4, 0.5) is 23.8 Å². The minimum Gasteiger partial charge on any atom is -0.444 e. The maximum absolute atomic E-state index is 14.0. The second-order valence-corrected chi connectivity index (χ2v) is 12.2. The highest BCUT2D eigenvalue weighted by atomic mass is 35.5. The van der Waals surface area contributed by atoms with Crippen molar-refractivity contribution in [1.82, 2.24) is 14.5 Å². The lowest BCUT2D eigenvalue weighted by Crippen LogP contribution is -2.50. The number of ether oxygens (including phenoxy) is 1. The van der Waals surface area contributed by atoms with Crippen molar-refractivity contribution in [3.05, 3.63) is 27.1 Å². The van der Waals surface area contributed by atoms with E-state index in [9.17, 15) is 22.8 Å². The van der Waals surface area contributed by atoms with Gasteiger partial charge in [0, 0.05) is 43.9 Å². The third kappa shape index (κ3) is 4.53. The van der Waals surface area contributed by atoms with Crippen LogP contribution in [0.2, 0.25) is 5.02 Å². The van der Waals surface area contributed by atoms with E-state index in [4.69, 9.17) is 16.3 Å². The van der Waals surface area contributed by atoms with E-state index in [1.165, 1.54) is 16.3 Å². The first-order valence-electron chi connectivity index (χ1n) is 12.0. The van der Waals surface area contributed by atoms with Crippen molar-refractivity contribution >= 4 is 46.2 Å². The number of thioether (sulfide) groups is 1. The van der Waals surface area contributed by atoms with Crippen LogP contribution in [0, 0.1) is 5.41 Å². The van der Waals surface area contributed by atoms with Crippen LogP contribution in [-0.4, -0.2) is 58.1 Å². The quantitative estimate of drug-likeness (QED) is 0.479. The van der Waals surface area contributed by atoms with Gasteiger partial charge >= 0.3 is 18.0 Å². The van der Waals surface area contributed by atoms with Crippen molar-refractivity contribution in [1.29, 1.82) is 0 Å². The molecule has 0 unspecified atom stereocenters. The van der Waals surface area contributed by atoms with E-state index in [0.717, 1.165) is 25.3 Å². The topological polar surface area (TPSA) is 67.7 Å². The lowest BCUT2D eigenvalue weighted by Gasteiger charge is -2.41. The van der Waals surface area contributed by atoms with Gasteiger partial charge in [-0.25, -0.2) is 9.59 Å². The molecule has 1 amide bonds. The summed E-state index contributed by atoms with van der Waals surface area (Å²) in [4.78, 5) is 33.7. The Labute approximate surface area is 215 Å². The molecule has 196 valence electrons. The van der Waals surface area contributed by atoms with Gasteiger partial charge in [0.2, 0.25) is 0 Å². The number of rotatable bonds is 1. The number of hydrogen-bond donors (Lipinski definition) is 0. The Morgan fingerprint density at radius 3 is 2.39 bits per heavy atom. The molecule has 0 radical (unpaired) electrons. The number of aromatic nitrogens is 2. The Balaban J connectivity index is 1.58. The fraction of sp³-hybridized carbons (Fsp3) is 0.625. The van der Waals surface area contributed by atoms with E-state index in [-0.39, 0.29) is 21.6 Å². The smallest absolute Gasteiger partial charge is 0.417 e. The second kappa shape index (κ2) is 8.72. The first kappa shape index (κ1) is 25.5. The minimum absolute atomic E-state index is 0.135. The molecule has 7 nitrogen and oxygen atoms in total. The number of carbonyl (C=O) groups is 1. The zero-order chi connectivity index (χ0) is 26.0. The van der Waals surface area contributed by atoms with Crippen molar-refractivity contribution in [3.8, 4) is 0 Å². The summed E-state index contributed by atoms with van der Waals surface area (Å²) < 4.78 is 49.0. The van der Waals surface area contributed by atoms with Gasteiger partial charge in [-0.05, 0) is 45.1 Å². The zero-order valence-corrected chi connectivity index (χ0v) is 21.9. The molecule has 36 heavy (non-hydrogen) atoms. The predicted octanol–water partition coefficient (Wildman–Crippen LogP) is 5.40. The Hall–Kier alpha value is -2.14. The predicted molar refractivity (Wildman–Crippen MR) is 133 cm³/mol. The van der Waals surface area contributed by atoms with E-state index in [0.29, 0.717) is 48.9 Å². The van der Waals surface area contributed by atoms with Crippen LogP contribution < -0.4 is 10.6 Å². The standard InChI is InChI=1S/C24H28ClF3N4O3S/c1-22(2,3)35-21(34)31-9-7-30(8-10-31)19-14-11-15(24(26,27)28)16(25)18-17(14)32(20(33)29-19)12-23(13-36-18)5-4-6-23/h11H,4-10,12-13H2,1-3H3. The molecule has 0 atom stereocenters. The Kier molecular flexibility index (Phi) is 6.18. The molecule has 1 aromatic carbocycles. The number of alkyl halides is 3. The third-order valence-electron chi connectivity index (χ3n) is 7.10. The fourth-order valence-corrected chi connectivity index (χ4v) is 6.95. The van der Waals surface area contributed by atoms with Crippen LogP contribution in [0.15, 0.2) is 15.8 Å². The van der Waals surface area contributed by atoms with Crippen molar-refractivity contribution in [3.63, 3.8) is 0 Å². The highest BCUT2D eigenvalue weighted by Gasteiger charge is 2.43. The van der Waals surface area contributed by atoms with Gasteiger partial charge in [0.1, 0.15) is 11.4 Å². The number of amides is 1. The van der Waals surface area contributed by atoms with Gasteiger partial charge < -0.3 is 14.5 Å². The van der Waals surface area contributed by atoms with Crippen molar-refractivity contribution in [2.24, 2.45) is 5.41 Å². The zero-order valence-electron chi connectivity index (χ0n) is 20.4. The summed E-state index contributed by atoms with van der Waals surface area (Å²) in [6, 6.07) is 1.03. The molecule has 2 fully saturated rings. The van der Waals surface area contributed by atoms with Gasteiger partial charge in [-0.15, -0.1) is 11.8 Å². The maximum Gasteiger partial charge on any atom is 0.417 e. The molecule has 3 heterocycles. The number of hydrogen-bond acceptors (Lipinski definition) is 6. The van der Waals surface area contributed by atoms with Crippen LogP contribution >= 0.6 is 23.4 Å². The molecule has 0 N–H and O–H groups in total. The normalized spacial score (nSPS) is 19.9. The molecule has 1 spiro atoms. The fourth-order valence-electron chi connectivity index (χ4n) is 5.11. The van der Waals surface area contributed by atoms with Crippen molar-refractivity contribution in [2.75, 3.05) is 36.8 Å². The van der Waals surface area contributed by atoms with Crippen LogP contribution in [0.3, 0.4) is 0 Å². The minimum atomic E-state index is -4.66. The lowest BCUT2D eigenvalue weighted by molar-refractivity contribution is -0.137. The van der Waals surface area contributed by atoms with E-state index < -0.39 is 29.1 Å². The van der Waals surface area contributed by atoms with Crippen LogP contribution in [0.1, 0.15) is 45.6 Å². The van der Waals surface area contributed by atoms with Crippen molar-refractivity contribution < 1.29 is 22.7 Å². The first-order valence-corrected chi connectivity index (χ1v) is 13.3. The molecule has 1 aromatic heterocycles. The molecule has 1 saturated carbocycles. The lowest BCUT2D eigenvalue weighted by atomic mass is 9.70. The summed E-state index contributed by atoms with van der Waals surface area (Å²) in [5.74, 6) is 0.803. The van der Waals surface area contributed by atoms with Crippen molar-refractivity contribution in [2.45, 2.75) is 63.3 Å². The van der Waals surface area contributed by atoms with Gasteiger partial charge in [0.15, 0.2) is 0 Å². The molecular weight excluding hydrogens is 517 g/mol. The van der Waals surface area contributed by atoms with Crippen LogP contribution in [0.25, 0.3) is 10.9 Å².